The van der Waals surface area contributed by atoms with Crippen molar-refractivity contribution in [3.63, 3.8) is 0 Å². The molecule has 106 valence electrons. The van der Waals surface area contributed by atoms with Crippen molar-refractivity contribution < 1.29 is 9.50 Å². The average molecular weight is 273 g/mol. The van der Waals surface area contributed by atoms with Gasteiger partial charge in [-0.25, -0.2) is 4.39 Å². The molecule has 0 bridgehead atoms. The van der Waals surface area contributed by atoms with Crippen molar-refractivity contribution >= 4 is 0 Å². The number of rotatable bonds is 5. The number of nitrogens with two attached hydrogens (primary N) is 1. The first-order valence-electron chi connectivity index (χ1n) is 6.89. The molecule has 0 radical (unpaired) electrons. The van der Waals surface area contributed by atoms with Crippen LogP contribution in [-0.4, -0.2) is 11.7 Å². The minimum absolute atomic E-state index is 0.195. The molecule has 0 aliphatic rings. The lowest BCUT2D eigenvalue weighted by molar-refractivity contribution is 0.145. The molecular formula is C17H20FNO. The first-order valence-corrected chi connectivity index (χ1v) is 6.89. The van der Waals surface area contributed by atoms with Gasteiger partial charge in [0.25, 0.3) is 0 Å². The van der Waals surface area contributed by atoms with Gasteiger partial charge in [-0.2, -0.15) is 0 Å². The van der Waals surface area contributed by atoms with E-state index in [-0.39, 0.29) is 12.4 Å². The number of aryl methyl sites for hydroxylation is 1. The van der Waals surface area contributed by atoms with Gasteiger partial charge in [-0.05, 0) is 29.2 Å². The summed E-state index contributed by atoms with van der Waals surface area (Å²) in [6.45, 7) is 2.23. The summed E-state index contributed by atoms with van der Waals surface area (Å²) < 4.78 is 13.9. The molecule has 2 unspecified atom stereocenters. The molecule has 0 aliphatic carbocycles. The Morgan fingerprint density at radius 2 is 1.65 bits per heavy atom. The third-order valence-corrected chi connectivity index (χ3v) is 3.69. The van der Waals surface area contributed by atoms with Crippen molar-refractivity contribution in [3.05, 3.63) is 71.0 Å². The number of benzene rings is 2. The van der Waals surface area contributed by atoms with Crippen LogP contribution in [0.25, 0.3) is 0 Å². The molecule has 2 aromatic rings. The second kappa shape index (κ2) is 6.64. The van der Waals surface area contributed by atoms with Gasteiger partial charge < -0.3 is 10.8 Å². The summed E-state index contributed by atoms with van der Waals surface area (Å²) in [5, 5.41) is 10.6. The van der Waals surface area contributed by atoms with Crippen LogP contribution in [0.15, 0.2) is 48.5 Å². The lowest BCUT2D eigenvalue weighted by atomic mass is 9.86. The van der Waals surface area contributed by atoms with E-state index in [1.807, 2.05) is 31.2 Å². The third-order valence-electron chi connectivity index (χ3n) is 3.69. The molecule has 0 amide bonds. The fourth-order valence-electron chi connectivity index (χ4n) is 2.56. The Morgan fingerprint density at radius 1 is 1.05 bits per heavy atom. The van der Waals surface area contributed by atoms with Crippen molar-refractivity contribution in [2.45, 2.75) is 25.4 Å². The van der Waals surface area contributed by atoms with Crippen LogP contribution in [0.5, 0.6) is 0 Å². The summed E-state index contributed by atoms with van der Waals surface area (Å²) in [5.41, 5.74) is 8.14. The molecule has 3 N–H and O–H groups in total. The van der Waals surface area contributed by atoms with Gasteiger partial charge in [-0.15, -0.1) is 0 Å². The van der Waals surface area contributed by atoms with E-state index in [0.717, 1.165) is 17.5 Å². The van der Waals surface area contributed by atoms with Gasteiger partial charge in [-0.1, -0.05) is 49.4 Å². The molecule has 20 heavy (non-hydrogen) atoms. The number of aliphatic hydroxyl groups is 1. The van der Waals surface area contributed by atoms with Crippen LogP contribution in [0, 0.1) is 5.82 Å². The Morgan fingerprint density at radius 3 is 2.25 bits per heavy atom. The van der Waals surface area contributed by atoms with E-state index in [4.69, 9.17) is 5.73 Å². The minimum Gasteiger partial charge on any atom is -0.388 e. The van der Waals surface area contributed by atoms with Gasteiger partial charge in [0.05, 0.1) is 6.10 Å². The highest BCUT2D eigenvalue weighted by Gasteiger charge is 2.25. The molecule has 0 fully saturated rings. The van der Waals surface area contributed by atoms with Crippen molar-refractivity contribution in [3.8, 4) is 0 Å². The first-order chi connectivity index (χ1) is 9.69. The van der Waals surface area contributed by atoms with E-state index in [1.54, 1.807) is 18.2 Å². The molecule has 0 aromatic heterocycles. The van der Waals surface area contributed by atoms with Gasteiger partial charge in [0.2, 0.25) is 0 Å². The standard InChI is InChI=1S/C17H20FNO/c1-2-12-7-3-4-8-13(12)17(20)15(11-19)14-9-5-6-10-16(14)18/h3-10,15,17,20H,2,11,19H2,1H3. The van der Waals surface area contributed by atoms with Crippen LogP contribution in [0.3, 0.4) is 0 Å². The van der Waals surface area contributed by atoms with Crippen molar-refractivity contribution in [1.29, 1.82) is 0 Å². The highest BCUT2D eigenvalue weighted by atomic mass is 19.1. The van der Waals surface area contributed by atoms with Gasteiger partial charge in [0.15, 0.2) is 0 Å². The normalized spacial score (nSPS) is 14.0. The topological polar surface area (TPSA) is 46.2 Å². The van der Waals surface area contributed by atoms with Gasteiger partial charge >= 0.3 is 0 Å². The Kier molecular flexibility index (Phi) is 4.88. The molecule has 3 heteroatoms. The SMILES string of the molecule is CCc1ccccc1C(O)C(CN)c1ccccc1F. The molecule has 2 nitrogen and oxygen atoms in total. The molecule has 0 aliphatic heterocycles. The predicted octanol–water partition coefficient (Wildman–Crippen LogP) is 3.16. The number of aliphatic hydroxyl groups excluding tert-OH is 1. The smallest absolute Gasteiger partial charge is 0.126 e. The van der Waals surface area contributed by atoms with Crippen molar-refractivity contribution in [1.82, 2.24) is 0 Å². The number of hydrogen-bond donors (Lipinski definition) is 2. The van der Waals surface area contributed by atoms with Crippen LogP contribution in [-0.2, 0) is 6.42 Å². The maximum absolute atomic E-state index is 13.9. The molecule has 0 saturated heterocycles. The van der Waals surface area contributed by atoms with E-state index in [2.05, 4.69) is 0 Å². The molecule has 0 heterocycles. The summed E-state index contributed by atoms with van der Waals surface area (Å²) in [6, 6.07) is 14.2. The molecule has 0 spiro atoms. The second-order valence-electron chi connectivity index (χ2n) is 4.86. The Labute approximate surface area is 119 Å². The maximum atomic E-state index is 13.9. The van der Waals surface area contributed by atoms with Crippen LogP contribution < -0.4 is 5.73 Å². The van der Waals surface area contributed by atoms with Crippen LogP contribution in [0.2, 0.25) is 0 Å². The summed E-state index contributed by atoms with van der Waals surface area (Å²) >= 11 is 0. The van der Waals surface area contributed by atoms with Gasteiger partial charge in [0.1, 0.15) is 5.82 Å². The summed E-state index contributed by atoms with van der Waals surface area (Å²) in [4.78, 5) is 0. The molecule has 2 rings (SSSR count). The fraction of sp³-hybridized carbons (Fsp3) is 0.294. The summed E-state index contributed by atoms with van der Waals surface area (Å²) in [7, 11) is 0. The Balaban J connectivity index is 2.39. The van der Waals surface area contributed by atoms with Crippen molar-refractivity contribution in [2.75, 3.05) is 6.54 Å². The maximum Gasteiger partial charge on any atom is 0.126 e. The summed E-state index contributed by atoms with van der Waals surface area (Å²) in [5.74, 6) is -0.764. The average Bonchev–Trinajstić information content (AvgIpc) is 2.49. The zero-order chi connectivity index (χ0) is 14.5. The molecule has 0 saturated carbocycles. The monoisotopic (exact) mass is 273 g/mol. The molecular weight excluding hydrogens is 253 g/mol. The summed E-state index contributed by atoms with van der Waals surface area (Å²) in [6.07, 6.45) is 0.0231. The lowest BCUT2D eigenvalue weighted by Gasteiger charge is -2.24. The van der Waals surface area contributed by atoms with E-state index >= 15 is 0 Å². The number of hydrogen-bond acceptors (Lipinski definition) is 2. The quantitative estimate of drug-likeness (QED) is 0.879. The van der Waals surface area contributed by atoms with Crippen LogP contribution in [0.4, 0.5) is 4.39 Å². The van der Waals surface area contributed by atoms with Crippen LogP contribution >= 0.6 is 0 Å². The van der Waals surface area contributed by atoms with Gasteiger partial charge in [-0.3, -0.25) is 0 Å². The van der Waals surface area contributed by atoms with E-state index < -0.39 is 12.0 Å². The minimum atomic E-state index is -0.798. The predicted molar refractivity (Wildman–Crippen MR) is 79.0 cm³/mol. The van der Waals surface area contributed by atoms with Crippen LogP contribution in [0.1, 0.15) is 35.6 Å². The second-order valence-corrected chi connectivity index (χ2v) is 4.86. The van der Waals surface area contributed by atoms with Gasteiger partial charge in [0, 0.05) is 12.5 Å². The zero-order valence-corrected chi connectivity index (χ0v) is 11.6. The zero-order valence-electron chi connectivity index (χ0n) is 11.6. The largest absolute Gasteiger partial charge is 0.388 e. The lowest BCUT2D eigenvalue weighted by Crippen LogP contribution is -2.22. The first kappa shape index (κ1) is 14.7. The van der Waals surface area contributed by atoms with E-state index in [9.17, 15) is 9.50 Å². The van der Waals surface area contributed by atoms with Crippen molar-refractivity contribution in [2.24, 2.45) is 5.73 Å². The highest BCUT2D eigenvalue weighted by Crippen LogP contribution is 2.33. The Bertz CT molecular complexity index is 570. The fourth-order valence-corrected chi connectivity index (χ4v) is 2.56. The molecule has 2 atom stereocenters. The Hall–Kier alpha value is -1.71. The molecule has 2 aromatic carbocycles. The van der Waals surface area contributed by atoms with E-state index in [1.165, 1.54) is 6.07 Å². The van der Waals surface area contributed by atoms with E-state index in [0.29, 0.717) is 5.56 Å². The highest BCUT2D eigenvalue weighted by molar-refractivity contribution is 5.33. The third kappa shape index (κ3) is 2.89. The number of halogens is 1.